The smallest absolute Gasteiger partial charge is 0.194 e. The van der Waals surface area contributed by atoms with Crippen LogP contribution in [0.5, 0.6) is 5.75 Å². The van der Waals surface area contributed by atoms with Crippen molar-refractivity contribution in [1.82, 2.24) is 0 Å². The number of fused-ring (bicyclic) bond motifs is 1. The van der Waals surface area contributed by atoms with Gasteiger partial charge in [0.05, 0.1) is 11.3 Å². The van der Waals surface area contributed by atoms with Crippen molar-refractivity contribution in [1.29, 1.82) is 0 Å². The van der Waals surface area contributed by atoms with Crippen molar-refractivity contribution >= 4 is 28.4 Å². The fourth-order valence-corrected chi connectivity index (χ4v) is 1.65. The van der Waals surface area contributed by atoms with Gasteiger partial charge in [0, 0.05) is 6.92 Å². The van der Waals surface area contributed by atoms with Crippen molar-refractivity contribution in [2.24, 2.45) is 0 Å². The molecule has 2 rings (SSSR count). The molecular weight excluding hydrogens is 256 g/mol. The van der Waals surface area contributed by atoms with Crippen LogP contribution in [0.4, 0.5) is 0 Å². The second-order valence-electron chi connectivity index (χ2n) is 3.95. The molecule has 1 atom stereocenters. The van der Waals surface area contributed by atoms with Crippen molar-refractivity contribution in [2.45, 2.75) is 13.0 Å². The van der Waals surface area contributed by atoms with Crippen LogP contribution in [0.15, 0.2) is 28.7 Å². The molecule has 0 saturated carbocycles. The van der Waals surface area contributed by atoms with Gasteiger partial charge in [-0.25, -0.2) is 0 Å². The minimum absolute atomic E-state index is 0.100. The highest BCUT2D eigenvalue weighted by molar-refractivity contribution is 6.18. The van der Waals surface area contributed by atoms with Crippen LogP contribution < -0.4 is 4.74 Å². The lowest BCUT2D eigenvalue weighted by molar-refractivity contribution is 0.0989. The van der Waals surface area contributed by atoms with E-state index in [4.69, 9.17) is 20.8 Å². The summed E-state index contributed by atoms with van der Waals surface area (Å²) < 4.78 is 10.8. The number of hydrogen-bond acceptors (Lipinski definition) is 4. The first-order valence-corrected chi connectivity index (χ1v) is 6.05. The summed E-state index contributed by atoms with van der Waals surface area (Å²) in [5, 5.41) is 10.1. The third-order valence-corrected chi connectivity index (χ3v) is 2.83. The molecule has 0 aliphatic rings. The number of ketones is 1. The lowest BCUT2D eigenvalue weighted by Crippen LogP contribution is -2.18. The van der Waals surface area contributed by atoms with E-state index >= 15 is 0 Å². The summed E-state index contributed by atoms with van der Waals surface area (Å²) in [5.74, 6) is 0.824. The lowest BCUT2D eigenvalue weighted by atomic mass is 10.2. The van der Waals surface area contributed by atoms with E-state index in [1.807, 2.05) is 0 Å². The molecule has 2 aromatic rings. The summed E-state index contributed by atoms with van der Waals surface area (Å²) in [6, 6.07) is 6.91. The predicted octanol–water partition coefficient (Wildman–Crippen LogP) is 2.61. The number of furan rings is 1. The molecule has 1 N–H and O–H groups in total. The summed E-state index contributed by atoms with van der Waals surface area (Å²) >= 11 is 5.49. The van der Waals surface area contributed by atoms with Gasteiger partial charge in [-0.2, -0.15) is 0 Å². The molecule has 1 aromatic heterocycles. The molecule has 0 saturated heterocycles. The van der Waals surface area contributed by atoms with Gasteiger partial charge in [0.2, 0.25) is 0 Å². The number of halogens is 1. The van der Waals surface area contributed by atoms with Gasteiger partial charge in [-0.15, -0.1) is 11.6 Å². The van der Waals surface area contributed by atoms with Crippen LogP contribution in [0.1, 0.15) is 17.5 Å². The molecule has 0 fully saturated rings. The molecule has 18 heavy (non-hydrogen) atoms. The van der Waals surface area contributed by atoms with E-state index in [-0.39, 0.29) is 18.3 Å². The molecule has 0 aliphatic heterocycles. The Kier molecular flexibility index (Phi) is 3.89. The van der Waals surface area contributed by atoms with Crippen LogP contribution in [-0.2, 0) is 0 Å². The number of rotatable bonds is 5. The first kappa shape index (κ1) is 12.9. The Hall–Kier alpha value is -1.52. The number of benzene rings is 1. The van der Waals surface area contributed by atoms with E-state index in [0.717, 1.165) is 0 Å². The van der Waals surface area contributed by atoms with Gasteiger partial charge < -0.3 is 14.3 Å². The van der Waals surface area contributed by atoms with Crippen molar-refractivity contribution in [2.75, 3.05) is 12.5 Å². The molecule has 0 spiro atoms. The molecule has 0 aliphatic carbocycles. The highest BCUT2D eigenvalue weighted by Gasteiger charge is 2.12. The van der Waals surface area contributed by atoms with Gasteiger partial charge in [-0.3, -0.25) is 4.79 Å². The van der Waals surface area contributed by atoms with Crippen LogP contribution in [0, 0.1) is 0 Å². The molecule has 1 aromatic carbocycles. The zero-order valence-electron chi connectivity index (χ0n) is 9.85. The number of aliphatic hydroxyl groups excluding tert-OH is 1. The number of carbonyl (C=O) groups excluding carboxylic acids is 1. The Morgan fingerprint density at radius 1 is 1.56 bits per heavy atom. The number of alkyl halides is 1. The number of hydrogen-bond donors (Lipinski definition) is 1. The highest BCUT2D eigenvalue weighted by Crippen LogP contribution is 2.29. The normalized spacial score (nSPS) is 12.6. The van der Waals surface area contributed by atoms with Gasteiger partial charge >= 0.3 is 0 Å². The Labute approximate surface area is 109 Å². The molecule has 1 unspecified atom stereocenters. The van der Waals surface area contributed by atoms with E-state index < -0.39 is 6.10 Å². The number of ether oxygens (including phenoxy) is 1. The Morgan fingerprint density at radius 3 is 3.00 bits per heavy atom. The third-order valence-electron chi connectivity index (χ3n) is 2.48. The van der Waals surface area contributed by atoms with Gasteiger partial charge in [-0.05, 0) is 18.2 Å². The maximum absolute atomic E-state index is 11.2. The van der Waals surface area contributed by atoms with Gasteiger partial charge in [0.25, 0.3) is 0 Å². The fraction of sp³-hybridized carbons (Fsp3) is 0.308. The second-order valence-corrected chi connectivity index (χ2v) is 4.26. The van der Waals surface area contributed by atoms with Gasteiger partial charge in [-0.1, -0.05) is 6.07 Å². The van der Waals surface area contributed by atoms with Crippen molar-refractivity contribution in [3.05, 3.63) is 30.0 Å². The van der Waals surface area contributed by atoms with Crippen LogP contribution in [0.25, 0.3) is 11.0 Å². The zero-order valence-corrected chi connectivity index (χ0v) is 10.6. The average molecular weight is 269 g/mol. The van der Waals surface area contributed by atoms with Crippen molar-refractivity contribution in [3.8, 4) is 5.75 Å². The van der Waals surface area contributed by atoms with Crippen LogP contribution in [-0.4, -0.2) is 29.5 Å². The number of Topliss-reactive ketones (excluding diaryl/α,β-unsaturated/α-hetero) is 1. The van der Waals surface area contributed by atoms with Crippen molar-refractivity contribution in [3.63, 3.8) is 0 Å². The molecule has 0 amide bonds. The molecule has 5 heteroatoms. The largest absolute Gasteiger partial charge is 0.490 e. The molecular formula is C13H13ClO4. The summed E-state index contributed by atoms with van der Waals surface area (Å²) in [4.78, 5) is 11.2. The Balaban J connectivity index is 2.30. The third kappa shape index (κ3) is 2.66. The topological polar surface area (TPSA) is 59.7 Å². The minimum atomic E-state index is -0.721. The number of carbonyl (C=O) groups is 1. The fourth-order valence-electron chi connectivity index (χ4n) is 1.56. The van der Waals surface area contributed by atoms with Gasteiger partial charge in [0.1, 0.15) is 24.0 Å². The summed E-state index contributed by atoms with van der Waals surface area (Å²) in [7, 11) is 0. The minimum Gasteiger partial charge on any atom is -0.490 e. The maximum atomic E-state index is 11.2. The van der Waals surface area contributed by atoms with Crippen molar-refractivity contribution < 1.29 is 19.1 Å². The quantitative estimate of drug-likeness (QED) is 0.669. The second kappa shape index (κ2) is 5.42. The molecule has 96 valence electrons. The van der Waals surface area contributed by atoms with E-state index in [0.29, 0.717) is 22.5 Å². The number of aliphatic hydroxyl groups is 1. The molecule has 1 heterocycles. The summed E-state index contributed by atoms with van der Waals surface area (Å²) in [5.41, 5.74) is 0.582. The summed E-state index contributed by atoms with van der Waals surface area (Å²) in [6.07, 6.45) is -0.721. The maximum Gasteiger partial charge on any atom is 0.194 e. The zero-order chi connectivity index (χ0) is 13.1. The SMILES string of the molecule is CC(=O)c1cc2c(OCC(O)CCl)cccc2o1. The van der Waals surface area contributed by atoms with E-state index in [9.17, 15) is 9.90 Å². The lowest BCUT2D eigenvalue weighted by Gasteiger charge is -2.09. The Bertz CT molecular complexity index is 561. The first-order valence-electron chi connectivity index (χ1n) is 5.52. The monoisotopic (exact) mass is 268 g/mol. The summed E-state index contributed by atoms with van der Waals surface area (Å²) in [6.45, 7) is 1.54. The molecule has 0 bridgehead atoms. The van der Waals surface area contributed by atoms with Crippen LogP contribution >= 0.6 is 11.6 Å². The molecule has 0 radical (unpaired) electrons. The van der Waals surface area contributed by atoms with E-state index in [1.165, 1.54) is 6.92 Å². The molecule has 4 nitrogen and oxygen atoms in total. The van der Waals surface area contributed by atoms with E-state index in [1.54, 1.807) is 24.3 Å². The standard InChI is InChI=1S/C13H13ClO4/c1-8(15)13-5-10-11(17-7-9(16)6-14)3-2-4-12(10)18-13/h2-5,9,16H,6-7H2,1H3. The Morgan fingerprint density at radius 2 is 2.33 bits per heavy atom. The van der Waals surface area contributed by atoms with Crippen LogP contribution in [0.3, 0.4) is 0 Å². The predicted molar refractivity (Wildman–Crippen MR) is 68.4 cm³/mol. The van der Waals surface area contributed by atoms with Crippen LogP contribution in [0.2, 0.25) is 0 Å². The average Bonchev–Trinajstić information content (AvgIpc) is 2.80. The highest BCUT2D eigenvalue weighted by atomic mass is 35.5. The first-order chi connectivity index (χ1) is 8.61. The van der Waals surface area contributed by atoms with E-state index in [2.05, 4.69) is 0 Å². The van der Waals surface area contributed by atoms with Gasteiger partial charge in [0.15, 0.2) is 11.5 Å².